The van der Waals surface area contributed by atoms with Gasteiger partial charge in [-0.15, -0.1) is 15.3 Å². The molecule has 0 unspecified atom stereocenters. The van der Waals surface area contributed by atoms with Gasteiger partial charge in [-0.25, -0.2) is 0 Å². The summed E-state index contributed by atoms with van der Waals surface area (Å²) in [6, 6.07) is 11.0. The first kappa shape index (κ1) is 21.3. The number of rotatable bonds is 9. The molecule has 1 N–H and O–H groups in total. The molecule has 0 aliphatic rings. The molecule has 0 radical (unpaired) electrons. The summed E-state index contributed by atoms with van der Waals surface area (Å²) < 4.78 is 17.7. The normalized spacial score (nSPS) is 11.0. The number of nitrogens with one attached hydrogen (secondary N) is 1. The first-order valence-corrected chi connectivity index (χ1v) is 10.2. The van der Waals surface area contributed by atoms with Crippen molar-refractivity contribution in [2.24, 2.45) is 0 Å². The predicted molar refractivity (Wildman–Crippen MR) is 116 cm³/mol. The third-order valence-electron chi connectivity index (χ3n) is 5.02. The van der Waals surface area contributed by atoms with Gasteiger partial charge < -0.3 is 19.3 Å². The molecular formula is C22H24N6O4. The molecule has 0 atom stereocenters. The van der Waals surface area contributed by atoms with Gasteiger partial charge in [0.15, 0.2) is 11.5 Å². The van der Waals surface area contributed by atoms with Crippen LogP contribution in [0.4, 0.5) is 0 Å². The number of methoxy groups -OCH3 is 1. The molecule has 0 saturated carbocycles. The van der Waals surface area contributed by atoms with Crippen LogP contribution in [0.2, 0.25) is 0 Å². The Hall–Kier alpha value is -3.95. The number of hydrogen-bond acceptors (Lipinski definition) is 8. The van der Waals surface area contributed by atoms with E-state index in [0.29, 0.717) is 36.7 Å². The molecule has 0 aliphatic carbocycles. The van der Waals surface area contributed by atoms with E-state index in [9.17, 15) is 4.79 Å². The fourth-order valence-corrected chi connectivity index (χ4v) is 3.32. The van der Waals surface area contributed by atoms with Gasteiger partial charge in [0.1, 0.15) is 18.1 Å². The quantitative estimate of drug-likeness (QED) is 0.398. The van der Waals surface area contributed by atoms with E-state index in [1.54, 1.807) is 23.8 Å². The van der Waals surface area contributed by atoms with E-state index in [2.05, 4.69) is 25.8 Å². The number of fused-ring (bicyclic) bond motifs is 1. The largest absolute Gasteiger partial charge is 0.497 e. The summed E-state index contributed by atoms with van der Waals surface area (Å²) in [6.07, 6.45) is 0.949. The highest BCUT2D eigenvalue weighted by Crippen LogP contribution is 2.23. The number of nitrogens with zero attached hydrogens (tertiary/aromatic N) is 5. The van der Waals surface area contributed by atoms with Gasteiger partial charge in [0.2, 0.25) is 11.8 Å². The lowest BCUT2D eigenvalue weighted by atomic mass is 10.1. The monoisotopic (exact) mass is 436 g/mol. The minimum absolute atomic E-state index is 0.0591. The minimum atomic E-state index is -0.0591. The molecular weight excluding hydrogens is 412 g/mol. The zero-order valence-electron chi connectivity index (χ0n) is 18.2. The topological polar surface area (TPSA) is 117 Å². The Balaban J connectivity index is 1.32. The molecule has 0 aliphatic heterocycles. The molecule has 1 amide bonds. The first-order valence-electron chi connectivity index (χ1n) is 10.2. The van der Waals surface area contributed by atoms with E-state index in [1.165, 1.54) is 0 Å². The van der Waals surface area contributed by atoms with E-state index < -0.39 is 0 Å². The smallest absolute Gasteiger partial charge is 0.231 e. The molecule has 0 bridgehead atoms. The van der Waals surface area contributed by atoms with Gasteiger partial charge in [-0.05, 0) is 38.5 Å². The highest BCUT2D eigenvalue weighted by atomic mass is 16.5. The molecule has 166 valence electrons. The number of hydrogen-bond donors (Lipinski definition) is 1. The fraction of sp³-hybridized carbons (Fsp3) is 0.318. The van der Waals surface area contributed by atoms with E-state index in [0.717, 1.165) is 28.3 Å². The van der Waals surface area contributed by atoms with E-state index >= 15 is 0 Å². The lowest BCUT2D eigenvalue weighted by Gasteiger charge is -2.08. The van der Waals surface area contributed by atoms with Crippen molar-refractivity contribution in [3.05, 3.63) is 53.4 Å². The maximum Gasteiger partial charge on any atom is 0.231 e. The van der Waals surface area contributed by atoms with Crippen LogP contribution in [0.3, 0.4) is 0 Å². The van der Waals surface area contributed by atoms with E-state index in [4.69, 9.17) is 14.0 Å². The molecule has 0 saturated heterocycles. The zero-order valence-corrected chi connectivity index (χ0v) is 18.2. The number of aryl methyl sites for hydroxylation is 2. The summed E-state index contributed by atoms with van der Waals surface area (Å²) in [5, 5.41) is 19.6. The molecule has 4 aromatic rings. The van der Waals surface area contributed by atoms with Crippen LogP contribution in [0, 0.1) is 13.8 Å². The summed E-state index contributed by atoms with van der Waals surface area (Å²) in [5.41, 5.74) is 3.23. The van der Waals surface area contributed by atoms with Crippen molar-refractivity contribution < 1.29 is 18.8 Å². The van der Waals surface area contributed by atoms with Crippen molar-refractivity contribution in [3.8, 4) is 23.0 Å². The fourth-order valence-electron chi connectivity index (χ4n) is 3.32. The molecule has 3 aromatic heterocycles. The second-order valence-electron chi connectivity index (χ2n) is 7.20. The van der Waals surface area contributed by atoms with Gasteiger partial charge in [-0.3, -0.25) is 4.79 Å². The Morgan fingerprint density at radius 1 is 1.19 bits per heavy atom. The molecule has 10 nitrogen and oxygen atoms in total. The average Bonchev–Trinajstić information content (AvgIpc) is 3.37. The highest BCUT2D eigenvalue weighted by Gasteiger charge is 2.12. The molecule has 32 heavy (non-hydrogen) atoms. The van der Waals surface area contributed by atoms with Gasteiger partial charge in [-0.1, -0.05) is 17.3 Å². The molecule has 10 heteroatoms. The van der Waals surface area contributed by atoms with Crippen LogP contribution in [-0.4, -0.2) is 51.1 Å². The molecule has 4 rings (SSSR count). The van der Waals surface area contributed by atoms with E-state index in [1.807, 2.05) is 38.1 Å². The number of amides is 1. The highest BCUT2D eigenvalue weighted by molar-refractivity contribution is 5.76. The van der Waals surface area contributed by atoms with Crippen LogP contribution >= 0.6 is 0 Å². The SMILES string of the molecule is COc1cccc(-c2nnc3ccc(OCCNC(=O)CCc4c(C)noc4C)nn23)c1. The van der Waals surface area contributed by atoms with E-state index in [-0.39, 0.29) is 12.5 Å². The van der Waals surface area contributed by atoms with Gasteiger partial charge >= 0.3 is 0 Å². The number of carbonyl (C=O) groups is 1. The van der Waals surface area contributed by atoms with Crippen LogP contribution in [0.5, 0.6) is 11.6 Å². The summed E-state index contributed by atoms with van der Waals surface area (Å²) in [7, 11) is 1.61. The number of benzene rings is 1. The first-order chi connectivity index (χ1) is 15.5. The second kappa shape index (κ2) is 9.46. The van der Waals surface area contributed by atoms with Crippen molar-refractivity contribution >= 4 is 11.6 Å². The average molecular weight is 436 g/mol. The Labute approximate surface area is 184 Å². The van der Waals surface area contributed by atoms with Crippen molar-refractivity contribution in [3.63, 3.8) is 0 Å². The second-order valence-corrected chi connectivity index (χ2v) is 7.20. The molecule has 0 spiro atoms. The Kier molecular flexibility index (Phi) is 6.29. The van der Waals surface area contributed by atoms with Gasteiger partial charge in [0.25, 0.3) is 0 Å². The van der Waals surface area contributed by atoms with Crippen molar-refractivity contribution in [2.75, 3.05) is 20.3 Å². The molecule has 3 heterocycles. The summed E-state index contributed by atoms with van der Waals surface area (Å²) >= 11 is 0. The Morgan fingerprint density at radius 3 is 2.84 bits per heavy atom. The van der Waals surface area contributed by atoms with Gasteiger partial charge in [-0.2, -0.15) is 4.52 Å². The van der Waals surface area contributed by atoms with Gasteiger partial charge in [0, 0.05) is 23.6 Å². The molecule has 0 fully saturated rings. The maximum atomic E-state index is 12.1. The summed E-state index contributed by atoms with van der Waals surface area (Å²) in [4.78, 5) is 12.1. The Morgan fingerprint density at radius 2 is 2.06 bits per heavy atom. The summed E-state index contributed by atoms with van der Waals surface area (Å²) in [6.45, 7) is 4.37. The number of aromatic nitrogens is 5. The number of ether oxygens (including phenoxy) is 2. The predicted octanol–water partition coefficient (Wildman–Crippen LogP) is 2.53. The standard InChI is InChI=1S/C22H24N6O4/c1-14-18(15(2)32-27-14)7-9-20(29)23-11-12-31-21-10-8-19-24-25-22(28(19)26-21)16-5-4-6-17(13-16)30-3/h4-6,8,10,13H,7,9,11-12H2,1-3H3,(H,23,29). The Bertz CT molecular complexity index is 1210. The van der Waals surface area contributed by atoms with Crippen molar-refractivity contribution in [2.45, 2.75) is 26.7 Å². The van der Waals surface area contributed by atoms with Crippen LogP contribution < -0.4 is 14.8 Å². The lowest BCUT2D eigenvalue weighted by molar-refractivity contribution is -0.121. The maximum absolute atomic E-state index is 12.1. The zero-order chi connectivity index (χ0) is 22.5. The van der Waals surface area contributed by atoms with Crippen LogP contribution in [-0.2, 0) is 11.2 Å². The van der Waals surface area contributed by atoms with Crippen molar-refractivity contribution in [1.29, 1.82) is 0 Å². The summed E-state index contributed by atoms with van der Waals surface area (Å²) in [5.74, 6) is 2.40. The van der Waals surface area contributed by atoms with Crippen molar-refractivity contribution in [1.82, 2.24) is 30.3 Å². The third-order valence-corrected chi connectivity index (χ3v) is 5.02. The molecule has 1 aromatic carbocycles. The lowest BCUT2D eigenvalue weighted by Crippen LogP contribution is -2.28. The van der Waals surface area contributed by atoms with Crippen LogP contribution in [0.25, 0.3) is 17.0 Å². The van der Waals surface area contributed by atoms with Gasteiger partial charge in [0.05, 0.1) is 19.3 Å². The number of carbonyl (C=O) groups excluding carboxylic acids is 1. The minimum Gasteiger partial charge on any atom is -0.497 e. The third kappa shape index (κ3) is 4.69. The van der Waals surface area contributed by atoms with Crippen LogP contribution in [0.15, 0.2) is 40.9 Å². The van der Waals surface area contributed by atoms with Crippen LogP contribution in [0.1, 0.15) is 23.4 Å².